The Bertz CT molecular complexity index is 584. The zero-order chi connectivity index (χ0) is 13.1. The molecule has 0 saturated carbocycles. The summed E-state index contributed by atoms with van der Waals surface area (Å²) in [5, 5.41) is 3.37. The summed E-state index contributed by atoms with van der Waals surface area (Å²) in [6.07, 6.45) is 0. The van der Waals surface area contributed by atoms with Crippen molar-refractivity contribution in [3.8, 4) is 0 Å². The number of rotatable bonds is 2. The first kappa shape index (κ1) is 13.4. The van der Waals surface area contributed by atoms with E-state index in [4.69, 9.17) is 23.2 Å². The number of anilines is 1. The van der Waals surface area contributed by atoms with Crippen LogP contribution >= 0.6 is 39.1 Å². The summed E-state index contributed by atoms with van der Waals surface area (Å²) in [6, 6.07) is 12.2. The van der Waals surface area contributed by atoms with Crippen molar-refractivity contribution in [3.05, 3.63) is 62.5 Å². The van der Waals surface area contributed by atoms with Crippen LogP contribution in [-0.4, -0.2) is 5.91 Å². The monoisotopic (exact) mass is 343 g/mol. The van der Waals surface area contributed by atoms with Gasteiger partial charge in [0, 0.05) is 10.2 Å². The SMILES string of the molecule is O=C(Nc1ccc(Br)cc1)c1cccc(Cl)c1Cl. The van der Waals surface area contributed by atoms with E-state index in [-0.39, 0.29) is 10.9 Å². The van der Waals surface area contributed by atoms with Crippen LogP contribution in [-0.2, 0) is 0 Å². The molecule has 0 fully saturated rings. The highest BCUT2D eigenvalue weighted by molar-refractivity contribution is 9.10. The van der Waals surface area contributed by atoms with E-state index in [0.29, 0.717) is 16.3 Å². The maximum absolute atomic E-state index is 12.0. The van der Waals surface area contributed by atoms with E-state index in [2.05, 4.69) is 21.2 Å². The third-order valence-electron chi connectivity index (χ3n) is 2.30. The quantitative estimate of drug-likeness (QED) is 0.815. The van der Waals surface area contributed by atoms with Gasteiger partial charge in [0.05, 0.1) is 15.6 Å². The van der Waals surface area contributed by atoms with Crippen molar-refractivity contribution in [2.75, 3.05) is 5.32 Å². The fraction of sp³-hybridized carbons (Fsp3) is 0. The number of nitrogens with one attached hydrogen (secondary N) is 1. The van der Waals surface area contributed by atoms with Gasteiger partial charge in [-0.2, -0.15) is 0 Å². The zero-order valence-electron chi connectivity index (χ0n) is 9.08. The molecule has 92 valence electrons. The Kier molecular flexibility index (Phi) is 4.27. The average molecular weight is 345 g/mol. The van der Waals surface area contributed by atoms with Gasteiger partial charge in [0.25, 0.3) is 5.91 Å². The second-order valence-corrected chi connectivity index (χ2v) is 5.26. The van der Waals surface area contributed by atoms with Crippen molar-refractivity contribution in [1.82, 2.24) is 0 Å². The zero-order valence-corrected chi connectivity index (χ0v) is 12.2. The summed E-state index contributed by atoms with van der Waals surface area (Å²) in [4.78, 5) is 12.0. The van der Waals surface area contributed by atoms with Gasteiger partial charge in [-0.25, -0.2) is 0 Å². The second-order valence-electron chi connectivity index (χ2n) is 3.56. The maximum Gasteiger partial charge on any atom is 0.257 e. The molecule has 0 unspecified atom stereocenters. The minimum absolute atomic E-state index is 0.258. The van der Waals surface area contributed by atoms with Crippen LogP contribution in [0.15, 0.2) is 46.9 Å². The molecule has 0 radical (unpaired) electrons. The third kappa shape index (κ3) is 3.05. The standard InChI is InChI=1S/C13H8BrCl2NO/c14-8-4-6-9(7-5-8)17-13(18)10-2-1-3-11(15)12(10)16/h1-7H,(H,17,18). The fourth-order valence-electron chi connectivity index (χ4n) is 1.41. The molecule has 5 heteroatoms. The van der Waals surface area contributed by atoms with Gasteiger partial charge in [0.2, 0.25) is 0 Å². The van der Waals surface area contributed by atoms with E-state index in [1.807, 2.05) is 12.1 Å². The van der Waals surface area contributed by atoms with Crippen molar-refractivity contribution in [2.24, 2.45) is 0 Å². The molecule has 0 bridgehead atoms. The number of benzene rings is 2. The van der Waals surface area contributed by atoms with Crippen molar-refractivity contribution in [2.45, 2.75) is 0 Å². The largest absolute Gasteiger partial charge is 0.322 e. The highest BCUT2D eigenvalue weighted by Gasteiger charge is 2.12. The van der Waals surface area contributed by atoms with Gasteiger partial charge in [-0.3, -0.25) is 4.79 Å². The molecule has 0 spiro atoms. The highest BCUT2D eigenvalue weighted by Crippen LogP contribution is 2.26. The fourth-order valence-corrected chi connectivity index (χ4v) is 2.06. The van der Waals surface area contributed by atoms with Gasteiger partial charge in [-0.05, 0) is 36.4 Å². The summed E-state index contributed by atoms with van der Waals surface area (Å²) in [5.41, 5.74) is 1.05. The normalized spacial score (nSPS) is 10.2. The van der Waals surface area contributed by atoms with Gasteiger partial charge < -0.3 is 5.32 Å². The molecular weight excluding hydrogens is 337 g/mol. The Balaban J connectivity index is 2.22. The Labute approximate surface area is 123 Å². The van der Waals surface area contributed by atoms with Crippen molar-refractivity contribution in [3.63, 3.8) is 0 Å². The van der Waals surface area contributed by atoms with Gasteiger partial charge >= 0.3 is 0 Å². The van der Waals surface area contributed by atoms with E-state index in [0.717, 1.165) is 4.47 Å². The molecule has 0 aliphatic heterocycles. The lowest BCUT2D eigenvalue weighted by molar-refractivity contribution is 0.102. The first-order chi connectivity index (χ1) is 8.58. The van der Waals surface area contributed by atoms with Crippen LogP contribution < -0.4 is 5.32 Å². The maximum atomic E-state index is 12.0. The summed E-state index contributed by atoms with van der Waals surface area (Å²) in [5.74, 6) is -0.287. The Morgan fingerprint density at radius 2 is 1.72 bits per heavy atom. The van der Waals surface area contributed by atoms with E-state index in [1.165, 1.54) is 0 Å². The van der Waals surface area contributed by atoms with Crippen LogP contribution in [0.3, 0.4) is 0 Å². The molecule has 0 aliphatic carbocycles. The third-order valence-corrected chi connectivity index (χ3v) is 3.65. The molecule has 2 rings (SSSR count). The van der Waals surface area contributed by atoms with Crippen LogP contribution in [0.1, 0.15) is 10.4 Å². The van der Waals surface area contributed by atoms with Gasteiger partial charge in [-0.15, -0.1) is 0 Å². The Morgan fingerprint density at radius 1 is 1.06 bits per heavy atom. The topological polar surface area (TPSA) is 29.1 Å². The van der Waals surface area contributed by atoms with Crippen LogP contribution in [0.5, 0.6) is 0 Å². The molecule has 2 nitrogen and oxygen atoms in total. The van der Waals surface area contributed by atoms with Gasteiger partial charge in [-0.1, -0.05) is 45.2 Å². The molecule has 1 N–H and O–H groups in total. The van der Waals surface area contributed by atoms with Crippen molar-refractivity contribution in [1.29, 1.82) is 0 Å². The molecule has 0 heterocycles. The second kappa shape index (κ2) is 5.74. The summed E-state index contributed by atoms with van der Waals surface area (Å²) >= 11 is 15.2. The molecule has 1 amide bonds. The van der Waals surface area contributed by atoms with E-state index in [9.17, 15) is 4.79 Å². The molecule has 2 aromatic rings. The first-order valence-electron chi connectivity index (χ1n) is 5.09. The molecule has 0 saturated heterocycles. The van der Waals surface area contributed by atoms with Crippen molar-refractivity contribution < 1.29 is 4.79 Å². The number of carbonyl (C=O) groups is 1. The number of hydrogen-bond acceptors (Lipinski definition) is 1. The number of hydrogen-bond donors (Lipinski definition) is 1. The number of halogens is 3. The van der Waals surface area contributed by atoms with Crippen molar-refractivity contribution >= 4 is 50.7 Å². The van der Waals surface area contributed by atoms with Crippen LogP contribution in [0.2, 0.25) is 10.0 Å². The Hall–Kier alpha value is -1.03. The minimum Gasteiger partial charge on any atom is -0.322 e. The smallest absolute Gasteiger partial charge is 0.257 e. The summed E-state index contributed by atoms with van der Waals surface area (Å²) < 4.78 is 0.946. The predicted molar refractivity (Wildman–Crippen MR) is 78.6 cm³/mol. The number of amides is 1. The molecule has 0 aliphatic rings. The lowest BCUT2D eigenvalue weighted by Crippen LogP contribution is -2.12. The average Bonchev–Trinajstić information content (AvgIpc) is 2.35. The summed E-state index contributed by atoms with van der Waals surface area (Å²) in [6.45, 7) is 0. The highest BCUT2D eigenvalue weighted by atomic mass is 79.9. The van der Waals surface area contributed by atoms with Gasteiger partial charge in [0.15, 0.2) is 0 Å². The van der Waals surface area contributed by atoms with Crippen LogP contribution in [0.4, 0.5) is 5.69 Å². The molecule has 18 heavy (non-hydrogen) atoms. The minimum atomic E-state index is -0.287. The van der Waals surface area contributed by atoms with E-state index < -0.39 is 0 Å². The van der Waals surface area contributed by atoms with E-state index in [1.54, 1.807) is 30.3 Å². The molecule has 2 aromatic carbocycles. The Morgan fingerprint density at radius 3 is 2.39 bits per heavy atom. The van der Waals surface area contributed by atoms with E-state index >= 15 is 0 Å². The molecule has 0 atom stereocenters. The molecular formula is C13H8BrCl2NO. The van der Waals surface area contributed by atoms with Gasteiger partial charge in [0.1, 0.15) is 0 Å². The lowest BCUT2D eigenvalue weighted by atomic mass is 10.2. The summed E-state index contributed by atoms with van der Waals surface area (Å²) in [7, 11) is 0. The van der Waals surface area contributed by atoms with Crippen LogP contribution in [0.25, 0.3) is 0 Å². The number of carbonyl (C=O) groups excluding carboxylic acids is 1. The lowest BCUT2D eigenvalue weighted by Gasteiger charge is -2.07. The first-order valence-corrected chi connectivity index (χ1v) is 6.64. The predicted octanol–water partition coefficient (Wildman–Crippen LogP) is 5.01. The van der Waals surface area contributed by atoms with Crippen LogP contribution in [0, 0.1) is 0 Å². The molecule has 0 aromatic heterocycles.